The fourth-order valence-corrected chi connectivity index (χ4v) is 0.296. The second-order valence-electron chi connectivity index (χ2n) is 1.45. The Hall–Kier alpha value is 0.170. The van der Waals surface area contributed by atoms with Gasteiger partial charge in [-0.2, -0.15) is 0 Å². The van der Waals surface area contributed by atoms with Gasteiger partial charge in [0.25, 0.3) is 0 Å². The zero-order valence-electron chi connectivity index (χ0n) is 6.17. The van der Waals surface area contributed by atoms with Crippen molar-refractivity contribution in [3.8, 4) is 0 Å². The molecule has 10 heavy (non-hydrogen) atoms. The molecule has 4 heteroatoms. The summed E-state index contributed by atoms with van der Waals surface area (Å²) in [5.41, 5.74) is 0. The van der Waals surface area contributed by atoms with Crippen molar-refractivity contribution >= 4 is 35.5 Å². The van der Waals surface area contributed by atoms with Crippen LogP contribution in [0.4, 0.5) is 0 Å². The van der Waals surface area contributed by atoms with Gasteiger partial charge in [0.1, 0.15) is 0 Å². The van der Waals surface area contributed by atoms with E-state index in [4.69, 9.17) is 5.11 Å². The molecule has 0 saturated heterocycles. The third kappa shape index (κ3) is 8.17. The molecule has 0 aromatic heterocycles. The van der Waals surface area contributed by atoms with E-state index in [1.807, 2.05) is 0 Å². The van der Waals surface area contributed by atoms with E-state index in [2.05, 4.69) is 11.3 Å². The maximum Gasteiger partial charge on any atom is 0.330 e. The normalized spacial score (nSPS) is 7.70. The summed E-state index contributed by atoms with van der Waals surface area (Å²) in [5, 5.41) is 8.23. The van der Waals surface area contributed by atoms with E-state index in [0.29, 0.717) is 6.42 Å². The molecule has 0 aromatic rings. The number of rotatable bonds is 4. The molecule has 1 radical (unpaired) electrons. The first kappa shape index (κ1) is 12.8. The van der Waals surface area contributed by atoms with Gasteiger partial charge >= 0.3 is 5.97 Å². The molecular weight excluding hydrogens is 143 g/mol. The smallest absolute Gasteiger partial charge is 0.330 e. The van der Waals surface area contributed by atoms with Crippen LogP contribution in [0.5, 0.6) is 0 Å². The van der Waals surface area contributed by atoms with Crippen molar-refractivity contribution in [1.82, 2.24) is 0 Å². The number of esters is 1. The SMILES string of the molecule is C=CC(=O)OCCCO.[Na]. The summed E-state index contributed by atoms with van der Waals surface area (Å²) in [6.07, 6.45) is 1.58. The van der Waals surface area contributed by atoms with Gasteiger partial charge in [0.15, 0.2) is 0 Å². The zero-order chi connectivity index (χ0) is 7.11. The molecule has 0 bridgehead atoms. The Labute approximate surface area is 82.4 Å². The first-order valence-electron chi connectivity index (χ1n) is 2.71. The van der Waals surface area contributed by atoms with E-state index < -0.39 is 5.97 Å². The average Bonchev–Trinajstić information content (AvgIpc) is 1.89. The van der Waals surface area contributed by atoms with Crippen molar-refractivity contribution in [3.63, 3.8) is 0 Å². The molecule has 0 aliphatic rings. The molecule has 53 valence electrons. The molecule has 0 heterocycles. The van der Waals surface area contributed by atoms with Crippen LogP contribution >= 0.6 is 0 Å². The molecule has 3 nitrogen and oxygen atoms in total. The topological polar surface area (TPSA) is 46.5 Å². The second kappa shape index (κ2) is 9.17. The van der Waals surface area contributed by atoms with E-state index in [9.17, 15) is 4.79 Å². The van der Waals surface area contributed by atoms with Crippen LogP contribution < -0.4 is 0 Å². The van der Waals surface area contributed by atoms with Gasteiger partial charge in [-0.3, -0.25) is 0 Å². The molecule has 0 aromatic carbocycles. The second-order valence-corrected chi connectivity index (χ2v) is 1.45. The molecule has 0 aliphatic heterocycles. The van der Waals surface area contributed by atoms with Crippen molar-refractivity contribution in [1.29, 1.82) is 0 Å². The van der Waals surface area contributed by atoms with Crippen LogP contribution in [0, 0.1) is 0 Å². The Bertz CT molecular complexity index is 103. The number of aliphatic hydroxyl groups is 1. The Morgan fingerprint density at radius 3 is 2.70 bits per heavy atom. The number of carbonyl (C=O) groups excluding carboxylic acids is 1. The fraction of sp³-hybridized carbons (Fsp3) is 0.500. The molecule has 0 unspecified atom stereocenters. The monoisotopic (exact) mass is 153 g/mol. The minimum absolute atomic E-state index is 0. The molecule has 1 N–H and O–H groups in total. The Kier molecular flexibility index (Phi) is 11.7. The first-order chi connectivity index (χ1) is 4.31. The quantitative estimate of drug-likeness (QED) is 0.261. The number of hydrogen-bond acceptors (Lipinski definition) is 3. The van der Waals surface area contributed by atoms with E-state index >= 15 is 0 Å². The summed E-state index contributed by atoms with van der Waals surface area (Å²) in [7, 11) is 0. The maximum atomic E-state index is 10.3. The number of aliphatic hydroxyl groups excluding tert-OH is 1. The molecule has 0 fully saturated rings. The molecule has 0 spiro atoms. The van der Waals surface area contributed by atoms with Crippen LogP contribution in [0.15, 0.2) is 12.7 Å². The summed E-state index contributed by atoms with van der Waals surface area (Å²) in [6.45, 7) is 3.51. The van der Waals surface area contributed by atoms with E-state index in [0.717, 1.165) is 6.08 Å². The van der Waals surface area contributed by atoms with Crippen LogP contribution in [0.25, 0.3) is 0 Å². The number of hydrogen-bond donors (Lipinski definition) is 1. The van der Waals surface area contributed by atoms with Gasteiger partial charge in [-0.25, -0.2) is 4.79 Å². The van der Waals surface area contributed by atoms with E-state index in [1.165, 1.54) is 0 Å². The maximum absolute atomic E-state index is 10.3. The largest absolute Gasteiger partial charge is 0.462 e. The summed E-state index contributed by atoms with van der Waals surface area (Å²) < 4.78 is 4.51. The van der Waals surface area contributed by atoms with Crippen LogP contribution in [-0.2, 0) is 9.53 Å². The number of carbonyl (C=O) groups is 1. The van der Waals surface area contributed by atoms with Gasteiger partial charge in [0.2, 0.25) is 0 Å². The van der Waals surface area contributed by atoms with Crippen molar-refractivity contribution < 1.29 is 14.6 Å². The minimum Gasteiger partial charge on any atom is -0.462 e. The standard InChI is InChI=1S/C6H10O3.Na/c1-2-6(8)9-5-3-4-7;/h2,7H,1,3-5H2;. The molecule has 0 atom stereocenters. The predicted octanol–water partition coefficient (Wildman–Crippen LogP) is -0.283. The van der Waals surface area contributed by atoms with Gasteiger partial charge in [-0.05, 0) is 0 Å². The van der Waals surface area contributed by atoms with Crippen LogP contribution in [0.2, 0.25) is 0 Å². The summed E-state index contributed by atoms with van der Waals surface area (Å²) >= 11 is 0. The zero-order valence-corrected chi connectivity index (χ0v) is 8.17. The van der Waals surface area contributed by atoms with Crippen LogP contribution in [0.1, 0.15) is 6.42 Å². The average molecular weight is 153 g/mol. The van der Waals surface area contributed by atoms with Gasteiger partial charge in [0.05, 0.1) is 6.61 Å². The predicted molar refractivity (Wildman–Crippen MR) is 38.6 cm³/mol. The van der Waals surface area contributed by atoms with E-state index in [-0.39, 0.29) is 42.8 Å². The first-order valence-corrected chi connectivity index (χ1v) is 2.71. The molecule has 0 aliphatic carbocycles. The number of ether oxygens (including phenoxy) is 1. The van der Waals surface area contributed by atoms with Gasteiger partial charge in [-0.15, -0.1) is 0 Å². The van der Waals surface area contributed by atoms with Crippen LogP contribution in [0.3, 0.4) is 0 Å². The van der Waals surface area contributed by atoms with Gasteiger partial charge in [-0.1, -0.05) is 6.58 Å². The Morgan fingerprint density at radius 2 is 2.30 bits per heavy atom. The summed E-state index contributed by atoms with van der Waals surface area (Å²) in [6, 6.07) is 0. The van der Waals surface area contributed by atoms with Crippen molar-refractivity contribution in [2.75, 3.05) is 13.2 Å². The van der Waals surface area contributed by atoms with Crippen molar-refractivity contribution in [2.45, 2.75) is 6.42 Å². The Balaban J connectivity index is 0. The molecule has 0 amide bonds. The van der Waals surface area contributed by atoms with Gasteiger partial charge in [0, 0.05) is 48.7 Å². The van der Waals surface area contributed by atoms with Crippen molar-refractivity contribution in [3.05, 3.63) is 12.7 Å². The summed E-state index contributed by atoms with van der Waals surface area (Å²) in [4.78, 5) is 10.3. The van der Waals surface area contributed by atoms with Crippen LogP contribution in [-0.4, -0.2) is 53.8 Å². The Morgan fingerprint density at radius 1 is 1.70 bits per heavy atom. The fourth-order valence-electron chi connectivity index (χ4n) is 0.296. The molecule has 0 saturated carbocycles. The minimum atomic E-state index is -0.441. The molecular formula is C6H10NaO3. The third-order valence-corrected chi connectivity index (χ3v) is 0.713. The van der Waals surface area contributed by atoms with E-state index in [1.54, 1.807) is 0 Å². The summed E-state index contributed by atoms with van der Waals surface area (Å²) in [5.74, 6) is -0.441. The molecule has 0 rings (SSSR count). The van der Waals surface area contributed by atoms with Gasteiger partial charge < -0.3 is 9.84 Å². The third-order valence-electron chi connectivity index (χ3n) is 0.713. The van der Waals surface area contributed by atoms with Crippen molar-refractivity contribution in [2.24, 2.45) is 0 Å².